The number of azide groups is 1. The summed E-state index contributed by atoms with van der Waals surface area (Å²) in [7, 11) is -2.90. The Labute approximate surface area is 72.3 Å². The Morgan fingerprint density at radius 3 is 2.58 bits per heavy atom. The van der Waals surface area contributed by atoms with E-state index < -0.39 is 9.84 Å². The van der Waals surface area contributed by atoms with Gasteiger partial charge in [-0.1, -0.05) is 12.0 Å². The second-order valence-electron chi connectivity index (χ2n) is 2.46. The quantitative estimate of drug-likeness (QED) is 0.276. The van der Waals surface area contributed by atoms with Gasteiger partial charge in [0.25, 0.3) is 0 Å². The zero-order valence-electron chi connectivity index (χ0n) is 7.10. The van der Waals surface area contributed by atoms with Crippen LogP contribution >= 0.6 is 0 Å². The average molecular weight is 191 g/mol. The molecule has 0 amide bonds. The predicted octanol–water partition coefficient (Wildman–Crippen LogP) is 1.51. The number of hydrogen-bond donors (Lipinski definition) is 0. The van der Waals surface area contributed by atoms with E-state index in [4.69, 9.17) is 5.53 Å². The smallest absolute Gasteiger partial charge is 0.150 e. The molecule has 0 aliphatic carbocycles. The van der Waals surface area contributed by atoms with E-state index in [0.29, 0.717) is 12.8 Å². The van der Waals surface area contributed by atoms with Crippen molar-refractivity contribution in [2.45, 2.75) is 19.8 Å². The van der Waals surface area contributed by atoms with Gasteiger partial charge >= 0.3 is 0 Å². The van der Waals surface area contributed by atoms with Crippen molar-refractivity contribution in [2.75, 3.05) is 18.1 Å². The molecule has 12 heavy (non-hydrogen) atoms. The summed E-state index contributed by atoms with van der Waals surface area (Å²) in [6.07, 6.45) is 1.07. The highest BCUT2D eigenvalue weighted by Crippen LogP contribution is 1.96. The van der Waals surface area contributed by atoms with Crippen molar-refractivity contribution in [1.82, 2.24) is 0 Å². The highest BCUT2D eigenvalue weighted by atomic mass is 32.2. The van der Waals surface area contributed by atoms with Crippen LogP contribution in [0.25, 0.3) is 10.4 Å². The molecule has 0 spiro atoms. The lowest BCUT2D eigenvalue weighted by Crippen LogP contribution is -2.10. The first-order valence-electron chi connectivity index (χ1n) is 3.83. The molecule has 0 fully saturated rings. The van der Waals surface area contributed by atoms with Crippen LogP contribution in [0, 0.1) is 0 Å². The fourth-order valence-electron chi connectivity index (χ4n) is 0.813. The van der Waals surface area contributed by atoms with Crippen LogP contribution in [0.4, 0.5) is 0 Å². The second-order valence-corrected chi connectivity index (χ2v) is 4.76. The van der Waals surface area contributed by atoms with Gasteiger partial charge in [0.1, 0.15) is 9.84 Å². The first kappa shape index (κ1) is 11.3. The monoisotopic (exact) mass is 191 g/mol. The summed E-state index contributed by atoms with van der Waals surface area (Å²) in [4.78, 5) is 2.53. The second kappa shape index (κ2) is 5.85. The molecule has 0 N–H and O–H groups in total. The van der Waals surface area contributed by atoms with E-state index in [0.717, 1.165) is 0 Å². The summed E-state index contributed by atoms with van der Waals surface area (Å²) in [6, 6.07) is 0. The van der Waals surface area contributed by atoms with Crippen molar-refractivity contribution in [2.24, 2.45) is 5.11 Å². The molecule has 6 heteroatoms. The number of rotatable bonds is 6. The molecular formula is C6H13N3O2S. The molecule has 0 unspecified atom stereocenters. The van der Waals surface area contributed by atoms with Gasteiger partial charge in [0.2, 0.25) is 0 Å². The van der Waals surface area contributed by atoms with Crippen molar-refractivity contribution >= 4 is 9.84 Å². The first-order chi connectivity index (χ1) is 5.62. The molecule has 5 nitrogen and oxygen atoms in total. The fourth-order valence-corrected chi connectivity index (χ4v) is 2.21. The lowest BCUT2D eigenvalue weighted by molar-refractivity contribution is 0.592. The molecular weight excluding hydrogens is 178 g/mol. The summed E-state index contributed by atoms with van der Waals surface area (Å²) in [6.45, 7) is 2.09. The van der Waals surface area contributed by atoms with Crippen LogP contribution in [0.1, 0.15) is 19.8 Å². The van der Waals surface area contributed by atoms with Gasteiger partial charge in [0.15, 0.2) is 0 Å². The number of hydrogen-bond acceptors (Lipinski definition) is 3. The Kier molecular flexibility index (Phi) is 5.49. The highest BCUT2D eigenvalue weighted by molar-refractivity contribution is 7.91. The maximum Gasteiger partial charge on any atom is 0.150 e. The molecule has 0 aromatic heterocycles. The third-order valence-electron chi connectivity index (χ3n) is 1.29. The Balaban J connectivity index is 3.69. The summed E-state index contributed by atoms with van der Waals surface area (Å²) in [5.74, 6) is 0.350. The SMILES string of the molecule is CCCS(=O)(=O)CCCN=[N+]=[N-]. The molecule has 0 aromatic carbocycles. The van der Waals surface area contributed by atoms with Gasteiger partial charge in [-0.3, -0.25) is 0 Å². The Hall–Kier alpha value is -0.740. The van der Waals surface area contributed by atoms with Gasteiger partial charge in [0, 0.05) is 17.2 Å². The third kappa shape index (κ3) is 6.00. The minimum atomic E-state index is -2.90. The minimum Gasteiger partial charge on any atom is -0.229 e. The van der Waals surface area contributed by atoms with Crippen LogP contribution in [0.5, 0.6) is 0 Å². The molecule has 0 saturated heterocycles. The minimum absolute atomic E-state index is 0.125. The molecule has 0 rings (SSSR count). The van der Waals surface area contributed by atoms with Crippen molar-refractivity contribution in [1.29, 1.82) is 0 Å². The highest BCUT2D eigenvalue weighted by Gasteiger charge is 2.07. The van der Waals surface area contributed by atoms with Gasteiger partial charge in [0.05, 0.1) is 5.75 Å². The standard InChI is InChI=1S/C6H13N3O2S/c1-2-5-12(10,11)6-3-4-8-9-7/h2-6H2,1H3. The zero-order valence-corrected chi connectivity index (χ0v) is 7.92. The molecule has 0 heterocycles. The maximum atomic E-state index is 11.1. The molecule has 0 saturated carbocycles. The summed E-state index contributed by atoms with van der Waals surface area (Å²) in [5, 5.41) is 3.25. The van der Waals surface area contributed by atoms with Gasteiger partial charge in [-0.05, 0) is 18.4 Å². The Morgan fingerprint density at radius 2 is 2.08 bits per heavy atom. The average Bonchev–Trinajstić information content (AvgIpc) is 1.98. The van der Waals surface area contributed by atoms with Crippen molar-refractivity contribution in [3.63, 3.8) is 0 Å². The zero-order chi connectivity index (χ0) is 9.45. The van der Waals surface area contributed by atoms with Crippen molar-refractivity contribution < 1.29 is 8.42 Å². The normalized spacial score (nSPS) is 10.8. The van der Waals surface area contributed by atoms with Gasteiger partial charge in [-0.25, -0.2) is 8.42 Å². The fraction of sp³-hybridized carbons (Fsp3) is 1.00. The van der Waals surface area contributed by atoms with Crippen molar-refractivity contribution in [3.8, 4) is 0 Å². The summed E-state index contributed by atoms with van der Waals surface area (Å²) in [5.41, 5.74) is 7.91. The maximum absolute atomic E-state index is 11.1. The third-order valence-corrected chi connectivity index (χ3v) is 3.23. The van der Waals surface area contributed by atoms with E-state index in [1.165, 1.54) is 0 Å². The Morgan fingerprint density at radius 1 is 1.42 bits per heavy atom. The Bertz CT molecular complexity index is 254. The van der Waals surface area contributed by atoms with Crippen LogP contribution in [-0.4, -0.2) is 26.5 Å². The molecule has 0 aromatic rings. The number of nitrogens with zero attached hydrogens (tertiary/aromatic N) is 3. The molecule has 0 atom stereocenters. The first-order valence-corrected chi connectivity index (χ1v) is 5.66. The van der Waals surface area contributed by atoms with E-state index in [-0.39, 0.29) is 18.1 Å². The van der Waals surface area contributed by atoms with Crippen LogP contribution in [0.3, 0.4) is 0 Å². The lowest BCUT2D eigenvalue weighted by atomic mass is 10.5. The summed E-state index contributed by atoms with van der Waals surface area (Å²) >= 11 is 0. The van der Waals surface area contributed by atoms with Crippen molar-refractivity contribution in [3.05, 3.63) is 10.4 Å². The van der Waals surface area contributed by atoms with Gasteiger partial charge < -0.3 is 0 Å². The molecule has 0 radical (unpaired) electrons. The molecule has 0 aliphatic rings. The van der Waals surface area contributed by atoms with E-state index in [2.05, 4.69) is 10.0 Å². The van der Waals surface area contributed by atoms with E-state index >= 15 is 0 Å². The van der Waals surface area contributed by atoms with Crippen LogP contribution in [0.15, 0.2) is 5.11 Å². The number of sulfone groups is 1. The predicted molar refractivity (Wildman–Crippen MR) is 47.6 cm³/mol. The van der Waals surface area contributed by atoms with E-state index in [9.17, 15) is 8.42 Å². The van der Waals surface area contributed by atoms with Crippen LogP contribution < -0.4 is 0 Å². The van der Waals surface area contributed by atoms with Gasteiger partial charge in [-0.2, -0.15) is 0 Å². The topological polar surface area (TPSA) is 82.9 Å². The van der Waals surface area contributed by atoms with Gasteiger partial charge in [-0.15, -0.1) is 0 Å². The van der Waals surface area contributed by atoms with E-state index in [1.807, 2.05) is 6.92 Å². The molecule has 0 aliphatic heterocycles. The molecule has 70 valence electrons. The summed E-state index contributed by atoms with van der Waals surface area (Å²) < 4.78 is 22.1. The molecule has 0 bridgehead atoms. The largest absolute Gasteiger partial charge is 0.229 e. The van der Waals surface area contributed by atoms with E-state index in [1.54, 1.807) is 0 Å². The lowest BCUT2D eigenvalue weighted by Gasteiger charge is -1.98. The van der Waals surface area contributed by atoms with Crippen LogP contribution in [-0.2, 0) is 9.84 Å². The van der Waals surface area contributed by atoms with Crippen LogP contribution in [0.2, 0.25) is 0 Å².